The van der Waals surface area contributed by atoms with E-state index in [2.05, 4.69) is 25.5 Å². The molecule has 8 nitrogen and oxygen atoms in total. The Balaban J connectivity index is 1.71. The molecule has 1 saturated heterocycles. The van der Waals surface area contributed by atoms with Crippen LogP contribution in [0.5, 0.6) is 0 Å². The smallest absolute Gasteiger partial charge is 0.325 e. The number of aromatic nitrogens is 4. The number of aromatic amines is 2. The lowest BCUT2D eigenvalue weighted by atomic mass is 10.2. The van der Waals surface area contributed by atoms with Crippen molar-refractivity contribution in [1.82, 2.24) is 20.2 Å². The first kappa shape index (κ1) is 14.1. The van der Waals surface area contributed by atoms with E-state index in [1.54, 1.807) is 6.92 Å². The lowest BCUT2D eigenvalue weighted by Gasteiger charge is -2.01. The van der Waals surface area contributed by atoms with Gasteiger partial charge in [-0.25, -0.2) is 4.79 Å². The average Bonchev–Trinajstić information content (AvgIpc) is 3.08. The molecule has 21 heavy (non-hydrogen) atoms. The van der Waals surface area contributed by atoms with Gasteiger partial charge in [0.05, 0.1) is 6.54 Å². The molecule has 3 rings (SSSR count). The SMILES string of the molecule is Cc1[nH]c(=O)[nH]c(=O)c1CSc1nnc([C@@H]2CCC[NH2+]2)o1. The molecule has 2 aromatic rings. The van der Waals surface area contributed by atoms with Crippen LogP contribution < -0.4 is 16.6 Å². The van der Waals surface area contributed by atoms with Gasteiger partial charge in [0.2, 0.25) is 0 Å². The molecule has 1 aliphatic rings. The maximum atomic E-state index is 11.7. The van der Waals surface area contributed by atoms with Crippen molar-refractivity contribution in [3.63, 3.8) is 0 Å². The Kier molecular flexibility index (Phi) is 3.93. The number of H-pyrrole nitrogens is 2. The van der Waals surface area contributed by atoms with Crippen LogP contribution in [0, 0.1) is 6.92 Å². The molecule has 0 aliphatic carbocycles. The summed E-state index contributed by atoms with van der Waals surface area (Å²) in [4.78, 5) is 27.6. The van der Waals surface area contributed by atoms with Crippen LogP contribution >= 0.6 is 11.8 Å². The minimum atomic E-state index is -0.497. The molecule has 0 radical (unpaired) electrons. The molecule has 0 spiro atoms. The van der Waals surface area contributed by atoms with Gasteiger partial charge in [-0.1, -0.05) is 11.8 Å². The zero-order valence-corrected chi connectivity index (χ0v) is 12.3. The molecular weight excluding hydrogens is 294 g/mol. The molecule has 112 valence electrons. The van der Waals surface area contributed by atoms with Gasteiger partial charge >= 0.3 is 5.69 Å². The van der Waals surface area contributed by atoms with Gasteiger partial charge in [-0.3, -0.25) is 9.78 Å². The molecule has 0 bridgehead atoms. The molecule has 0 saturated carbocycles. The summed E-state index contributed by atoms with van der Waals surface area (Å²) in [5.74, 6) is 1.01. The van der Waals surface area contributed by atoms with Crippen LogP contribution in [0.1, 0.15) is 36.0 Å². The summed E-state index contributed by atoms with van der Waals surface area (Å²) in [7, 11) is 0. The van der Waals surface area contributed by atoms with Crippen molar-refractivity contribution in [2.45, 2.75) is 36.8 Å². The van der Waals surface area contributed by atoms with Gasteiger partial charge in [-0.15, -0.1) is 10.2 Å². The van der Waals surface area contributed by atoms with Gasteiger partial charge in [0.15, 0.2) is 6.04 Å². The van der Waals surface area contributed by atoms with Gasteiger partial charge in [0.25, 0.3) is 16.7 Å². The highest BCUT2D eigenvalue weighted by Crippen LogP contribution is 2.24. The molecule has 1 atom stereocenters. The Labute approximate surface area is 123 Å². The molecule has 0 aromatic carbocycles. The van der Waals surface area contributed by atoms with Crippen LogP contribution in [0.3, 0.4) is 0 Å². The van der Waals surface area contributed by atoms with E-state index < -0.39 is 5.69 Å². The average molecular weight is 310 g/mol. The fourth-order valence-corrected chi connectivity index (χ4v) is 3.22. The van der Waals surface area contributed by atoms with Gasteiger partial charge in [0, 0.05) is 29.9 Å². The summed E-state index contributed by atoms with van der Waals surface area (Å²) in [5, 5.41) is 10.7. The van der Waals surface area contributed by atoms with E-state index in [4.69, 9.17) is 4.42 Å². The largest absolute Gasteiger partial charge is 0.410 e. The van der Waals surface area contributed by atoms with Crippen LogP contribution in [0.2, 0.25) is 0 Å². The fraction of sp³-hybridized carbons (Fsp3) is 0.500. The van der Waals surface area contributed by atoms with Gasteiger partial charge in [-0.05, 0) is 6.92 Å². The number of nitrogens with two attached hydrogens (primary N) is 1. The molecule has 1 fully saturated rings. The highest BCUT2D eigenvalue weighted by Gasteiger charge is 2.26. The number of rotatable bonds is 4. The summed E-state index contributed by atoms with van der Waals surface area (Å²) in [5.41, 5.74) is 0.183. The van der Waals surface area contributed by atoms with Gasteiger partial charge in [0.1, 0.15) is 0 Å². The second-order valence-electron chi connectivity index (χ2n) is 4.98. The third kappa shape index (κ3) is 3.08. The van der Waals surface area contributed by atoms with Crippen molar-refractivity contribution in [2.75, 3.05) is 6.54 Å². The third-order valence-corrected chi connectivity index (χ3v) is 4.35. The van der Waals surface area contributed by atoms with E-state index in [0.29, 0.717) is 28.1 Å². The minimum Gasteiger partial charge on any atom is -0.410 e. The normalized spacial score (nSPS) is 18.2. The molecule has 0 amide bonds. The monoisotopic (exact) mass is 310 g/mol. The Morgan fingerprint density at radius 3 is 2.95 bits per heavy atom. The first-order chi connectivity index (χ1) is 10.1. The zero-order chi connectivity index (χ0) is 14.8. The molecule has 1 aliphatic heterocycles. The number of aryl methyl sites for hydroxylation is 1. The van der Waals surface area contributed by atoms with Crippen molar-refractivity contribution in [3.05, 3.63) is 38.0 Å². The van der Waals surface area contributed by atoms with Crippen LogP contribution in [-0.4, -0.2) is 26.7 Å². The topological polar surface area (TPSA) is 121 Å². The van der Waals surface area contributed by atoms with Crippen LogP contribution in [0.4, 0.5) is 0 Å². The summed E-state index contributed by atoms with van der Waals surface area (Å²) >= 11 is 1.29. The summed E-state index contributed by atoms with van der Waals surface area (Å²) < 4.78 is 5.62. The zero-order valence-electron chi connectivity index (χ0n) is 11.5. The number of nitrogens with zero attached hydrogens (tertiary/aromatic N) is 2. The number of nitrogens with one attached hydrogen (secondary N) is 2. The summed E-state index contributed by atoms with van der Waals surface area (Å²) in [6.45, 7) is 2.78. The number of quaternary nitrogens is 1. The van der Waals surface area contributed by atoms with E-state index in [9.17, 15) is 9.59 Å². The quantitative estimate of drug-likeness (QED) is 0.651. The second-order valence-corrected chi connectivity index (χ2v) is 5.91. The first-order valence-corrected chi connectivity index (χ1v) is 7.73. The Morgan fingerprint density at radius 1 is 1.38 bits per heavy atom. The maximum absolute atomic E-state index is 11.7. The van der Waals surface area contributed by atoms with E-state index in [0.717, 1.165) is 19.4 Å². The molecule has 0 unspecified atom stereocenters. The lowest BCUT2D eigenvalue weighted by Crippen LogP contribution is -2.81. The first-order valence-electron chi connectivity index (χ1n) is 6.75. The van der Waals surface area contributed by atoms with Crippen molar-refractivity contribution in [1.29, 1.82) is 0 Å². The highest BCUT2D eigenvalue weighted by atomic mass is 32.2. The van der Waals surface area contributed by atoms with Crippen molar-refractivity contribution in [3.8, 4) is 0 Å². The van der Waals surface area contributed by atoms with Gasteiger partial charge in [-0.2, -0.15) is 0 Å². The van der Waals surface area contributed by atoms with Crippen molar-refractivity contribution >= 4 is 11.8 Å². The second kappa shape index (κ2) is 5.86. The van der Waals surface area contributed by atoms with E-state index in [-0.39, 0.29) is 11.6 Å². The molecular formula is C12H16N5O3S+. The summed E-state index contributed by atoms with van der Waals surface area (Å²) in [6, 6.07) is 0.255. The van der Waals surface area contributed by atoms with E-state index >= 15 is 0 Å². The predicted octanol–water partition coefficient (Wildman–Crippen LogP) is -0.555. The maximum Gasteiger partial charge on any atom is 0.325 e. The van der Waals surface area contributed by atoms with E-state index in [1.165, 1.54) is 11.8 Å². The lowest BCUT2D eigenvalue weighted by molar-refractivity contribution is -0.678. The number of hydrogen-bond donors (Lipinski definition) is 3. The fourth-order valence-electron chi connectivity index (χ4n) is 2.36. The standard InChI is InChI=1S/C12H15N5O3S/c1-6-7(9(18)15-11(19)14-6)5-21-12-17-16-10(20-12)8-3-2-4-13-8/h8,13H,2-5H2,1H3,(H2,14,15,18,19)/p+1/t8-/m0/s1. The molecule has 2 aromatic heterocycles. The van der Waals surface area contributed by atoms with Crippen molar-refractivity contribution in [2.24, 2.45) is 0 Å². The Bertz CT molecular complexity index is 744. The highest BCUT2D eigenvalue weighted by molar-refractivity contribution is 7.98. The van der Waals surface area contributed by atoms with Crippen molar-refractivity contribution < 1.29 is 9.73 Å². The van der Waals surface area contributed by atoms with Crippen LogP contribution in [0.25, 0.3) is 0 Å². The Hall–Kier alpha value is -1.87. The van der Waals surface area contributed by atoms with Crippen LogP contribution in [-0.2, 0) is 5.75 Å². The van der Waals surface area contributed by atoms with E-state index in [1.807, 2.05) is 0 Å². The predicted molar refractivity (Wildman–Crippen MR) is 75.0 cm³/mol. The third-order valence-electron chi connectivity index (χ3n) is 3.50. The number of hydrogen-bond acceptors (Lipinski definition) is 6. The molecule has 4 N–H and O–H groups in total. The van der Waals surface area contributed by atoms with Gasteiger partial charge < -0.3 is 14.7 Å². The Morgan fingerprint density at radius 2 is 2.24 bits per heavy atom. The van der Waals surface area contributed by atoms with Crippen LogP contribution in [0.15, 0.2) is 19.2 Å². The minimum absolute atomic E-state index is 0.255. The molecule has 9 heteroatoms. The summed E-state index contributed by atoms with van der Waals surface area (Å²) in [6.07, 6.45) is 2.20. The molecule has 3 heterocycles. The number of thioether (sulfide) groups is 1.